The molecule has 0 radical (unpaired) electrons. The van der Waals surface area contributed by atoms with Crippen molar-refractivity contribution in [3.63, 3.8) is 0 Å². The van der Waals surface area contributed by atoms with Crippen LogP contribution < -0.4 is 4.74 Å². The molecule has 18 heavy (non-hydrogen) atoms. The minimum Gasteiger partial charge on any atom is -0.496 e. The molecule has 1 N–H and O–H groups in total. The van der Waals surface area contributed by atoms with E-state index >= 15 is 0 Å². The van der Waals surface area contributed by atoms with Gasteiger partial charge in [0, 0.05) is 0 Å². The quantitative estimate of drug-likeness (QED) is 0.897. The first-order valence-corrected chi connectivity index (χ1v) is 5.61. The maximum atomic E-state index is 11.4. The van der Waals surface area contributed by atoms with Crippen LogP contribution in [0.5, 0.6) is 5.75 Å². The molecule has 0 atom stereocenters. The molecule has 0 saturated carbocycles. The average molecular weight is 242 g/mol. The number of methoxy groups -OCH3 is 1. The number of rotatable bonds is 3. The predicted molar refractivity (Wildman–Crippen MR) is 70.1 cm³/mol. The zero-order valence-electron chi connectivity index (χ0n) is 10.3. The second-order valence-corrected chi connectivity index (χ2v) is 4.05. The minimum atomic E-state index is -0.983. The molecule has 0 heterocycles. The molecule has 0 saturated heterocycles. The highest BCUT2D eigenvalue weighted by Gasteiger charge is 2.16. The summed E-state index contributed by atoms with van der Waals surface area (Å²) in [6, 6.07) is 13.0. The molecule has 2 rings (SSSR count). The fourth-order valence-electron chi connectivity index (χ4n) is 1.90. The van der Waals surface area contributed by atoms with Crippen molar-refractivity contribution in [3.05, 3.63) is 53.6 Å². The Morgan fingerprint density at radius 1 is 1.11 bits per heavy atom. The van der Waals surface area contributed by atoms with E-state index in [1.807, 2.05) is 31.2 Å². The van der Waals surface area contributed by atoms with Gasteiger partial charge in [-0.1, -0.05) is 42.0 Å². The number of ether oxygens (including phenoxy) is 1. The summed E-state index contributed by atoms with van der Waals surface area (Å²) < 4.78 is 5.11. The van der Waals surface area contributed by atoms with Gasteiger partial charge < -0.3 is 9.84 Å². The Kier molecular flexibility index (Phi) is 3.33. The van der Waals surface area contributed by atoms with E-state index in [2.05, 4.69) is 0 Å². The lowest BCUT2D eigenvalue weighted by molar-refractivity contribution is 0.0694. The third kappa shape index (κ3) is 2.20. The number of aryl methyl sites for hydroxylation is 1. The van der Waals surface area contributed by atoms with E-state index in [0.717, 1.165) is 11.1 Å². The summed E-state index contributed by atoms with van der Waals surface area (Å²) in [7, 11) is 1.47. The Labute approximate surface area is 106 Å². The molecule has 0 fully saturated rings. The fraction of sp³-hybridized carbons (Fsp3) is 0.133. The van der Waals surface area contributed by atoms with Crippen molar-refractivity contribution in [1.82, 2.24) is 0 Å². The van der Waals surface area contributed by atoms with Gasteiger partial charge in [0.05, 0.1) is 7.11 Å². The first-order chi connectivity index (χ1) is 8.63. The molecule has 92 valence electrons. The van der Waals surface area contributed by atoms with Gasteiger partial charge >= 0.3 is 5.97 Å². The van der Waals surface area contributed by atoms with E-state index in [1.54, 1.807) is 18.2 Å². The van der Waals surface area contributed by atoms with E-state index in [4.69, 9.17) is 4.74 Å². The van der Waals surface area contributed by atoms with Crippen molar-refractivity contribution < 1.29 is 14.6 Å². The van der Waals surface area contributed by atoms with Crippen LogP contribution in [-0.4, -0.2) is 18.2 Å². The highest BCUT2D eigenvalue weighted by molar-refractivity contribution is 5.99. The minimum absolute atomic E-state index is 0.198. The summed E-state index contributed by atoms with van der Waals surface area (Å²) in [6.45, 7) is 1.99. The van der Waals surface area contributed by atoms with Crippen LogP contribution in [0.3, 0.4) is 0 Å². The molecule has 3 heteroatoms. The van der Waals surface area contributed by atoms with Gasteiger partial charge in [-0.3, -0.25) is 0 Å². The highest BCUT2D eigenvalue weighted by atomic mass is 16.5. The second kappa shape index (κ2) is 4.92. The molecule has 2 aromatic rings. The fourth-order valence-corrected chi connectivity index (χ4v) is 1.90. The normalized spacial score (nSPS) is 10.1. The SMILES string of the molecule is COc1cccc(-c2ccc(C)cc2)c1C(=O)O. The van der Waals surface area contributed by atoms with Gasteiger partial charge in [0.2, 0.25) is 0 Å². The molecule has 0 amide bonds. The topological polar surface area (TPSA) is 46.5 Å². The Bertz CT molecular complexity index is 571. The van der Waals surface area contributed by atoms with Gasteiger partial charge in [-0.2, -0.15) is 0 Å². The molecule has 3 nitrogen and oxygen atoms in total. The van der Waals surface area contributed by atoms with Crippen LogP contribution in [-0.2, 0) is 0 Å². The van der Waals surface area contributed by atoms with E-state index < -0.39 is 5.97 Å². The lowest BCUT2D eigenvalue weighted by Crippen LogP contribution is -2.03. The molecule has 0 aliphatic carbocycles. The molecule has 0 aliphatic heterocycles. The van der Waals surface area contributed by atoms with E-state index in [1.165, 1.54) is 7.11 Å². The van der Waals surface area contributed by atoms with E-state index in [9.17, 15) is 9.90 Å². The maximum absolute atomic E-state index is 11.4. The van der Waals surface area contributed by atoms with Crippen LogP contribution in [0.15, 0.2) is 42.5 Å². The third-order valence-electron chi connectivity index (χ3n) is 2.82. The van der Waals surface area contributed by atoms with Crippen LogP contribution in [0, 0.1) is 6.92 Å². The molecule has 2 aromatic carbocycles. The Balaban J connectivity index is 2.63. The van der Waals surface area contributed by atoms with Crippen molar-refractivity contribution in [3.8, 4) is 16.9 Å². The van der Waals surface area contributed by atoms with Crippen LogP contribution in [0.2, 0.25) is 0 Å². The monoisotopic (exact) mass is 242 g/mol. The van der Waals surface area contributed by atoms with Crippen LogP contribution >= 0.6 is 0 Å². The number of carboxylic acid groups (broad SMARTS) is 1. The number of benzene rings is 2. The highest BCUT2D eigenvalue weighted by Crippen LogP contribution is 2.30. The van der Waals surface area contributed by atoms with Gasteiger partial charge in [0.15, 0.2) is 0 Å². The molecule has 0 bridgehead atoms. The van der Waals surface area contributed by atoms with Crippen molar-refractivity contribution in [1.29, 1.82) is 0 Å². The summed E-state index contributed by atoms with van der Waals surface area (Å²) in [6.07, 6.45) is 0. The van der Waals surface area contributed by atoms with Gasteiger partial charge in [0.1, 0.15) is 11.3 Å². The summed E-state index contributed by atoms with van der Waals surface area (Å²) in [4.78, 5) is 11.4. The Morgan fingerprint density at radius 3 is 2.33 bits per heavy atom. The van der Waals surface area contributed by atoms with Crippen LogP contribution in [0.1, 0.15) is 15.9 Å². The lowest BCUT2D eigenvalue weighted by Gasteiger charge is -2.10. The first-order valence-electron chi connectivity index (χ1n) is 5.61. The smallest absolute Gasteiger partial charge is 0.340 e. The van der Waals surface area contributed by atoms with Crippen molar-refractivity contribution in [2.75, 3.05) is 7.11 Å². The zero-order chi connectivity index (χ0) is 13.1. The summed E-state index contributed by atoms with van der Waals surface area (Å²) >= 11 is 0. The van der Waals surface area contributed by atoms with Crippen molar-refractivity contribution >= 4 is 5.97 Å². The maximum Gasteiger partial charge on any atom is 0.340 e. The molecular formula is C15H14O3. The third-order valence-corrected chi connectivity index (χ3v) is 2.82. The first kappa shape index (κ1) is 12.2. The summed E-state index contributed by atoms with van der Waals surface area (Å²) in [5.41, 5.74) is 2.88. The summed E-state index contributed by atoms with van der Waals surface area (Å²) in [5, 5.41) is 9.31. The number of carboxylic acids is 1. The predicted octanol–water partition coefficient (Wildman–Crippen LogP) is 3.37. The number of aromatic carboxylic acids is 1. The van der Waals surface area contributed by atoms with Gasteiger partial charge in [-0.05, 0) is 24.1 Å². The van der Waals surface area contributed by atoms with E-state index in [0.29, 0.717) is 11.3 Å². The number of hydrogen-bond donors (Lipinski definition) is 1. The zero-order valence-corrected chi connectivity index (χ0v) is 10.3. The van der Waals surface area contributed by atoms with Crippen LogP contribution in [0.25, 0.3) is 11.1 Å². The van der Waals surface area contributed by atoms with Gasteiger partial charge in [-0.25, -0.2) is 4.79 Å². The van der Waals surface area contributed by atoms with Crippen molar-refractivity contribution in [2.24, 2.45) is 0 Å². The molecular weight excluding hydrogens is 228 g/mol. The Morgan fingerprint density at radius 2 is 1.78 bits per heavy atom. The largest absolute Gasteiger partial charge is 0.496 e. The standard InChI is InChI=1S/C15H14O3/c1-10-6-8-11(9-7-10)12-4-3-5-13(18-2)14(12)15(16)17/h3-9H,1-2H3,(H,16,17). The molecule has 0 aliphatic rings. The lowest BCUT2D eigenvalue weighted by atomic mass is 9.98. The molecule has 0 unspecified atom stereocenters. The number of hydrogen-bond acceptors (Lipinski definition) is 2. The van der Waals surface area contributed by atoms with Gasteiger partial charge in [-0.15, -0.1) is 0 Å². The van der Waals surface area contributed by atoms with Gasteiger partial charge in [0.25, 0.3) is 0 Å². The Hall–Kier alpha value is -2.29. The molecule has 0 spiro atoms. The average Bonchev–Trinajstić information content (AvgIpc) is 2.38. The van der Waals surface area contributed by atoms with Crippen molar-refractivity contribution in [2.45, 2.75) is 6.92 Å². The molecule has 0 aromatic heterocycles. The van der Waals surface area contributed by atoms with E-state index in [-0.39, 0.29) is 5.56 Å². The summed E-state index contributed by atoms with van der Waals surface area (Å²) in [5.74, 6) is -0.608. The van der Waals surface area contributed by atoms with Crippen LogP contribution in [0.4, 0.5) is 0 Å². The second-order valence-electron chi connectivity index (χ2n) is 4.05. The number of carbonyl (C=O) groups is 1.